The summed E-state index contributed by atoms with van der Waals surface area (Å²) >= 11 is 0. The van der Waals surface area contributed by atoms with Gasteiger partial charge in [0.15, 0.2) is 11.5 Å². The smallest absolute Gasteiger partial charge is 0.238 e. The molecule has 1 atom stereocenters. The molecule has 1 saturated heterocycles. The molecule has 0 bridgehead atoms. The topological polar surface area (TPSA) is 50.8 Å². The fraction of sp³-hybridized carbons (Fsp3) is 0.350. The lowest BCUT2D eigenvalue weighted by atomic mass is 10.0. The molecule has 3 rings (SSSR count). The average Bonchev–Trinajstić information content (AvgIpc) is 3.11. The van der Waals surface area contributed by atoms with E-state index >= 15 is 0 Å². The normalized spacial score (nSPS) is 17.1. The Morgan fingerprint density at radius 2 is 1.96 bits per heavy atom. The van der Waals surface area contributed by atoms with Gasteiger partial charge in [0.05, 0.1) is 26.5 Å². The molecule has 26 heavy (non-hydrogen) atoms. The lowest BCUT2D eigenvalue weighted by molar-refractivity contribution is -0.117. The quantitative estimate of drug-likeness (QED) is 0.857. The summed E-state index contributed by atoms with van der Waals surface area (Å²) in [7, 11) is 3.21. The molecule has 0 spiro atoms. The molecule has 138 valence electrons. The van der Waals surface area contributed by atoms with Gasteiger partial charge >= 0.3 is 0 Å². The maximum Gasteiger partial charge on any atom is 0.238 e. The van der Waals surface area contributed by atoms with Crippen LogP contribution in [0.5, 0.6) is 11.5 Å². The zero-order valence-electron chi connectivity index (χ0n) is 15.0. The van der Waals surface area contributed by atoms with Crippen LogP contribution in [0.3, 0.4) is 0 Å². The lowest BCUT2D eigenvalue weighted by Crippen LogP contribution is -2.33. The number of methoxy groups -OCH3 is 2. The summed E-state index contributed by atoms with van der Waals surface area (Å²) in [5.74, 6) is 0.701. The Balaban J connectivity index is 1.70. The number of anilines is 1. The van der Waals surface area contributed by atoms with Crippen molar-refractivity contribution < 1.29 is 18.7 Å². The molecule has 0 aromatic heterocycles. The Morgan fingerprint density at radius 1 is 1.19 bits per heavy atom. The summed E-state index contributed by atoms with van der Waals surface area (Å²) in [4.78, 5) is 14.5. The number of carbonyl (C=O) groups excluding carboxylic acids is 1. The van der Waals surface area contributed by atoms with Crippen molar-refractivity contribution in [2.24, 2.45) is 0 Å². The predicted molar refractivity (Wildman–Crippen MR) is 98.1 cm³/mol. The first-order valence-electron chi connectivity index (χ1n) is 8.62. The van der Waals surface area contributed by atoms with Crippen LogP contribution in [0, 0.1) is 5.82 Å². The van der Waals surface area contributed by atoms with Gasteiger partial charge < -0.3 is 14.8 Å². The maximum atomic E-state index is 13.7. The Labute approximate surface area is 152 Å². The lowest BCUT2D eigenvalue weighted by Gasteiger charge is -2.25. The molecule has 0 aliphatic carbocycles. The number of nitrogens with one attached hydrogen (secondary N) is 1. The van der Waals surface area contributed by atoms with Crippen LogP contribution in [0.4, 0.5) is 10.1 Å². The molecule has 1 N–H and O–H groups in total. The highest BCUT2D eigenvalue weighted by Crippen LogP contribution is 2.36. The van der Waals surface area contributed by atoms with Crippen molar-refractivity contribution in [1.82, 2.24) is 4.90 Å². The van der Waals surface area contributed by atoms with Crippen molar-refractivity contribution in [3.63, 3.8) is 0 Å². The number of hydrogen-bond donors (Lipinski definition) is 1. The molecule has 0 saturated carbocycles. The van der Waals surface area contributed by atoms with Crippen molar-refractivity contribution in [2.75, 3.05) is 32.6 Å². The van der Waals surface area contributed by atoms with Crippen LogP contribution in [0.1, 0.15) is 24.4 Å². The molecule has 6 heteroatoms. The summed E-state index contributed by atoms with van der Waals surface area (Å²) < 4.78 is 24.4. The minimum atomic E-state index is -0.432. The van der Waals surface area contributed by atoms with Crippen LogP contribution in [-0.2, 0) is 4.79 Å². The number of likely N-dealkylation sites (tertiary alicyclic amines) is 1. The second-order valence-corrected chi connectivity index (χ2v) is 6.27. The van der Waals surface area contributed by atoms with E-state index in [1.54, 1.807) is 32.4 Å². The van der Waals surface area contributed by atoms with Crippen LogP contribution in [0.15, 0.2) is 42.5 Å². The van der Waals surface area contributed by atoms with E-state index in [4.69, 9.17) is 9.47 Å². The molecule has 2 aromatic rings. The van der Waals surface area contributed by atoms with E-state index in [0.717, 1.165) is 24.9 Å². The number of carbonyl (C=O) groups is 1. The summed E-state index contributed by atoms with van der Waals surface area (Å²) in [6.07, 6.45) is 1.97. The van der Waals surface area contributed by atoms with Crippen molar-refractivity contribution in [2.45, 2.75) is 18.9 Å². The molecule has 5 nitrogen and oxygen atoms in total. The molecule has 1 amide bonds. The monoisotopic (exact) mass is 358 g/mol. The van der Waals surface area contributed by atoms with Gasteiger partial charge in [0.2, 0.25) is 5.91 Å². The molecule has 2 aromatic carbocycles. The zero-order chi connectivity index (χ0) is 18.5. The first kappa shape index (κ1) is 18.2. The van der Waals surface area contributed by atoms with Crippen molar-refractivity contribution >= 4 is 11.6 Å². The number of halogens is 1. The first-order chi connectivity index (χ1) is 12.6. The molecule has 1 unspecified atom stereocenters. The average molecular weight is 358 g/mol. The van der Waals surface area contributed by atoms with Gasteiger partial charge in [-0.05, 0) is 49.2 Å². The fourth-order valence-electron chi connectivity index (χ4n) is 3.39. The molecule has 1 aliphatic heterocycles. The van der Waals surface area contributed by atoms with E-state index in [9.17, 15) is 9.18 Å². The standard InChI is InChI=1S/C20H23FN2O3/c1-25-18-10-9-14(12-19(18)26-2)17-8-5-11-23(17)13-20(24)22-16-7-4-3-6-15(16)21/h3-4,6-7,9-10,12,17H,5,8,11,13H2,1-2H3,(H,22,24). The Kier molecular flexibility index (Phi) is 5.73. The molecule has 0 radical (unpaired) electrons. The van der Waals surface area contributed by atoms with Gasteiger partial charge in [-0.25, -0.2) is 4.39 Å². The van der Waals surface area contributed by atoms with Gasteiger partial charge in [0.25, 0.3) is 0 Å². The third-order valence-corrected chi connectivity index (χ3v) is 4.65. The zero-order valence-corrected chi connectivity index (χ0v) is 15.0. The molecular weight excluding hydrogens is 335 g/mol. The van der Waals surface area contributed by atoms with Crippen molar-refractivity contribution in [3.05, 3.63) is 53.8 Å². The number of ether oxygens (including phenoxy) is 2. The minimum absolute atomic E-state index is 0.126. The minimum Gasteiger partial charge on any atom is -0.493 e. The highest BCUT2D eigenvalue weighted by Gasteiger charge is 2.28. The van der Waals surface area contributed by atoms with Crippen LogP contribution in [-0.4, -0.2) is 38.1 Å². The highest BCUT2D eigenvalue weighted by atomic mass is 19.1. The summed E-state index contributed by atoms with van der Waals surface area (Å²) in [6, 6.07) is 12.1. The van der Waals surface area contributed by atoms with Gasteiger partial charge in [0, 0.05) is 6.04 Å². The van der Waals surface area contributed by atoms with Gasteiger partial charge in [-0.2, -0.15) is 0 Å². The van der Waals surface area contributed by atoms with Crippen molar-refractivity contribution in [3.8, 4) is 11.5 Å². The SMILES string of the molecule is COc1ccc(C2CCCN2CC(=O)Nc2ccccc2F)cc1OC. The van der Waals surface area contributed by atoms with Gasteiger partial charge in [0.1, 0.15) is 5.82 Å². The molecule has 1 fully saturated rings. The second-order valence-electron chi connectivity index (χ2n) is 6.27. The van der Waals surface area contributed by atoms with Crippen LogP contribution in [0.25, 0.3) is 0 Å². The Bertz CT molecular complexity index is 781. The van der Waals surface area contributed by atoms with E-state index in [1.165, 1.54) is 6.07 Å². The molecule has 1 aliphatic rings. The summed E-state index contributed by atoms with van der Waals surface area (Å²) in [5, 5.41) is 2.65. The number of amides is 1. The molecule has 1 heterocycles. The summed E-state index contributed by atoms with van der Waals surface area (Å²) in [5.41, 5.74) is 1.29. The predicted octanol–water partition coefficient (Wildman–Crippen LogP) is 3.62. The Morgan fingerprint density at radius 3 is 2.69 bits per heavy atom. The third kappa shape index (κ3) is 3.96. The third-order valence-electron chi connectivity index (χ3n) is 4.65. The van der Waals surface area contributed by atoms with E-state index in [-0.39, 0.29) is 24.2 Å². The highest BCUT2D eigenvalue weighted by molar-refractivity contribution is 5.92. The number of hydrogen-bond acceptors (Lipinski definition) is 4. The number of benzene rings is 2. The Hall–Kier alpha value is -2.60. The first-order valence-corrected chi connectivity index (χ1v) is 8.62. The van der Waals surface area contributed by atoms with Gasteiger partial charge in [-0.15, -0.1) is 0 Å². The number of rotatable bonds is 6. The number of para-hydroxylation sites is 1. The van der Waals surface area contributed by atoms with E-state index < -0.39 is 5.82 Å². The van der Waals surface area contributed by atoms with Crippen LogP contribution >= 0.6 is 0 Å². The van der Waals surface area contributed by atoms with Crippen LogP contribution in [0.2, 0.25) is 0 Å². The van der Waals surface area contributed by atoms with Crippen molar-refractivity contribution in [1.29, 1.82) is 0 Å². The maximum absolute atomic E-state index is 13.7. The van der Waals surface area contributed by atoms with E-state index in [0.29, 0.717) is 11.5 Å². The molecular formula is C20H23FN2O3. The van der Waals surface area contributed by atoms with Gasteiger partial charge in [-0.3, -0.25) is 9.69 Å². The fourth-order valence-corrected chi connectivity index (χ4v) is 3.39. The number of nitrogens with zero attached hydrogens (tertiary/aromatic N) is 1. The van der Waals surface area contributed by atoms with Gasteiger partial charge in [-0.1, -0.05) is 18.2 Å². The summed E-state index contributed by atoms with van der Waals surface area (Å²) in [6.45, 7) is 1.04. The largest absolute Gasteiger partial charge is 0.493 e. The van der Waals surface area contributed by atoms with Crippen LogP contribution < -0.4 is 14.8 Å². The van der Waals surface area contributed by atoms with E-state index in [1.807, 2.05) is 18.2 Å². The second kappa shape index (κ2) is 8.19. The van der Waals surface area contributed by atoms with E-state index in [2.05, 4.69) is 10.2 Å².